The molecular formula is C15H20N2O3. The molecule has 1 aromatic rings. The second kappa shape index (κ2) is 6.41. The zero-order valence-electron chi connectivity index (χ0n) is 11.7. The van der Waals surface area contributed by atoms with Crippen LogP contribution in [0.3, 0.4) is 0 Å². The van der Waals surface area contributed by atoms with E-state index in [1.165, 1.54) is 7.11 Å². The maximum atomic E-state index is 12.6. The number of ether oxygens (including phenoxy) is 1. The van der Waals surface area contributed by atoms with Crippen molar-refractivity contribution in [2.45, 2.75) is 31.7 Å². The lowest BCUT2D eigenvalue weighted by Gasteiger charge is -2.35. The van der Waals surface area contributed by atoms with Gasteiger partial charge in [-0.05, 0) is 31.4 Å². The lowest BCUT2D eigenvalue weighted by molar-refractivity contribution is -0.142. The molecule has 1 heterocycles. The second-order valence-electron chi connectivity index (χ2n) is 5.02. The number of rotatable bonds is 3. The Morgan fingerprint density at radius 2 is 2.10 bits per heavy atom. The van der Waals surface area contributed by atoms with E-state index in [1.807, 2.05) is 0 Å². The van der Waals surface area contributed by atoms with E-state index < -0.39 is 0 Å². The summed E-state index contributed by atoms with van der Waals surface area (Å²) in [6.45, 7) is 0.662. The average Bonchev–Trinajstić information content (AvgIpc) is 2.47. The van der Waals surface area contributed by atoms with Crippen LogP contribution in [0.1, 0.15) is 36.0 Å². The predicted octanol–water partition coefficient (Wildman–Crippen LogP) is 1.83. The van der Waals surface area contributed by atoms with Crippen molar-refractivity contribution in [3.05, 3.63) is 29.8 Å². The number of amides is 1. The highest BCUT2D eigenvalue weighted by Crippen LogP contribution is 2.24. The number of benzene rings is 1. The van der Waals surface area contributed by atoms with E-state index >= 15 is 0 Å². The Labute approximate surface area is 118 Å². The van der Waals surface area contributed by atoms with Crippen molar-refractivity contribution >= 4 is 17.6 Å². The minimum absolute atomic E-state index is 0.0942. The summed E-state index contributed by atoms with van der Waals surface area (Å²) in [6.07, 6.45) is 3.05. The number of likely N-dealkylation sites (tertiary alicyclic amines) is 1. The van der Waals surface area contributed by atoms with E-state index in [0.717, 1.165) is 19.3 Å². The highest BCUT2D eigenvalue weighted by atomic mass is 16.5. The molecular weight excluding hydrogens is 256 g/mol. The van der Waals surface area contributed by atoms with Crippen molar-refractivity contribution in [3.8, 4) is 0 Å². The normalized spacial score (nSPS) is 18.6. The van der Waals surface area contributed by atoms with Crippen molar-refractivity contribution in [1.82, 2.24) is 4.90 Å². The van der Waals surface area contributed by atoms with Crippen LogP contribution in [0.5, 0.6) is 0 Å². The molecule has 1 amide bonds. The quantitative estimate of drug-likeness (QED) is 0.675. The molecule has 0 spiro atoms. The Balaban J connectivity index is 2.17. The molecule has 1 aliphatic rings. The van der Waals surface area contributed by atoms with Crippen LogP contribution in [-0.2, 0) is 9.53 Å². The number of nitrogen functional groups attached to an aromatic ring is 1. The molecule has 0 aromatic heterocycles. The van der Waals surface area contributed by atoms with E-state index in [9.17, 15) is 9.59 Å². The van der Waals surface area contributed by atoms with Gasteiger partial charge in [0.1, 0.15) is 0 Å². The molecule has 0 radical (unpaired) electrons. The third kappa shape index (κ3) is 3.10. The van der Waals surface area contributed by atoms with Crippen LogP contribution in [0.2, 0.25) is 0 Å². The topological polar surface area (TPSA) is 72.6 Å². The number of anilines is 1. The molecule has 5 nitrogen and oxygen atoms in total. The summed E-state index contributed by atoms with van der Waals surface area (Å²) in [5, 5.41) is 0. The summed E-state index contributed by atoms with van der Waals surface area (Å²) in [7, 11) is 1.37. The number of carbonyl (C=O) groups excluding carboxylic acids is 2. The third-order valence-corrected chi connectivity index (χ3v) is 3.71. The Hall–Kier alpha value is -2.04. The summed E-state index contributed by atoms with van der Waals surface area (Å²) < 4.78 is 4.71. The van der Waals surface area contributed by atoms with Gasteiger partial charge >= 0.3 is 5.97 Å². The van der Waals surface area contributed by atoms with Crippen LogP contribution in [-0.4, -0.2) is 36.5 Å². The molecule has 5 heteroatoms. The summed E-state index contributed by atoms with van der Waals surface area (Å²) in [5.74, 6) is -0.382. The van der Waals surface area contributed by atoms with Crippen LogP contribution >= 0.6 is 0 Å². The fourth-order valence-corrected chi connectivity index (χ4v) is 2.60. The Bertz CT molecular complexity index is 502. The number of nitrogens with two attached hydrogens (primary N) is 1. The first-order valence-electron chi connectivity index (χ1n) is 6.85. The van der Waals surface area contributed by atoms with Crippen LogP contribution in [0.15, 0.2) is 24.3 Å². The highest BCUT2D eigenvalue weighted by Gasteiger charge is 2.30. The lowest BCUT2D eigenvalue weighted by Crippen LogP contribution is -2.45. The van der Waals surface area contributed by atoms with Gasteiger partial charge in [0.2, 0.25) is 0 Å². The molecule has 1 fully saturated rings. The molecule has 2 N–H and O–H groups in total. The maximum absolute atomic E-state index is 12.6. The molecule has 0 aliphatic carbocycles. The average molecular weight is 276 g/mol. The molecule has 1 aliphatic heterocycles. The summed E-state index contributed by atoms with van der Waals surface area (Å²) >= 11 is 0. The molecule has 20 heavy (non-hydrogen) atoms. The van der Waals surface area contributed by atoms with Gasteiger partial charge in [-0.1, -0.05) is 12.1 Å². The van der Waals surface area contributed by atoms with E-state index in [2.05, 4.69) is 0 Å². The zero-order valence-corrected chi connectivity index (χ0v) is 11.7. The van der Waals surface area contributed by atoms with Gasteiger partial charge in [0.15, 0.2) is 0 Å². The van der Waals surface area contributed by atoms with Gasteiger partial charge in [0, 0.05) is 18.3 Å². The smallest absolute Gasteiger partial charge is 0.307 e. The van der Waals surface area contributed by atoms with Crippen LogP contribution in [0.4, 0.5) is 5.69 Å². The van der Waals surface area contributed by atoms with E-state index in [1.54, 1.807) is 29.2 Å². The fourth-order valence-electron chi connectivity index (χ4n) is 2.60. The Morgan fingerprint density at radius 3 is 2.80 bits per heavy atom. The second-order valence-corrected chi connectivity index (χ2v) is 5.02. The highest BCUT2D eigenvalue weighted by molar-refractivity contribution is 5.99. The largest absolute Gasteiger partial charge is 0.469 e. The molecule has 1 aromatic carbocycles. The first-order chi connectivity index (χ1) is 9.63. The van der Waals surface area contributed by atoms with Crippen LogP contribution in [0.25, 0.3) is 0 Å². The van der Waals surface area contributed by atoms with E-state index in [-0.39, 0.29) is 24.3 Å². The minimum Gasteiger partial charge on any atom is -0.469 e. The summed E-state index contributed by atoms with van der Waals surface area (Å²) in [6, 6.07) is 6.94. The van der Waals surface area contributed by atoms with Gasteiger partial charge < -0.3 is 15.4 Å². The first kappa shape index (κ1) is 14.4. The summed E-state index contributed by atoms with van der Waals surface area (Å²) in [4.78, 5) is 25.8. The SMILES string of the molecule is COC(=O)CC1CCCCN1C(=O)c1ccccc1N. The fraction of sp³-hybridized carbons (Fsp3) is 0.467. The number of hydrogen-bond acceptors (Lipinski definition) is 4. The van der Waals surface area contributed by atoms with Gasteiger partial charge in [-0.3, -0.25) is 9.59 Å². The van der Waals surface area contributed by atoms with E-state index in [4.69, 9.17) is 10.5 Å². The predicted molar refractivity (Wildman–Crippen MR) is 76.2 cm³/mol. The molecule has 2 rings (SSSR count). The van der Waals surface area contributed by atoms with Gasteiger partial charge in [-0.2, -0.15) is 0 Å². The molecule has 1 atom stereocenters. The van der Waals surface area contributed by atoms with Gasteiger partial charge in [0.05, 0.1) is 19.1 Å². The molecule has 0 saturated carbocycles. The molecule has 108 valence electrons. The molecule has 1 saturated heterocycles. The van der Waals surface area contributed by atoms with Gasteiger partial charge in [0.25, 0.3) is 5.91 Å². The Morgan fingerprint density at radius 1 is 1.35 bits per heavy atom. The van der Waals surface area contributed by atoms with Crippen molar-refractivity contribution in [2.75, 3.05) is 19.4 Å². The van der Waals surface area contributed by atoms with Crippen molar-refractivity contribution in [3.63, 3.8) is 0 Å². The van der Waals surface area contributed by atoms with Crippen molar-refractivity contribution in [2.24, 2.45) is 0 Å². The van der Waals surface area contributed by atoms with Gasteiger partial charge in [-0.25, -0.2) is 0 Å². The third-order valence-electron chi connectivity index (χ3n) is 3.71. The molecule has 0 bridgehead atoms. The number of para-hydroxylation sites is 1. The standard InChI is InChI=1S/C15H20N2O3/c1-20-14(18)10-11-6-4-5-9-17(11)15(19)12-7-2-3-8-13(12)16/h2-3,7-8,11H,4-6,9-10,16H2,1H3. The Kier molecular flexibility index (Phi) is 4.61. The lowest BCUT2D eigenvalue weighted by atomic mass is 9.98. The van der Waals surface area contributed by atoms with Crippen LogP contribution in [0, 0.1) is 0 Å². The number of esters is 1. The summed E-state index contributed by atoms with van der Waals surface area (Å²) in [5.41, 5.74) is 6.84. The number of carbonyl (C=O) groups is 2. The van der Waals surface area contributed by atoms with Crippen molar-refractivity contribution < 1.29 is 14.3 Å². The zero-order chi connectivity index (χ0) is 14.5. The minimum atomic E-state index is -0.282. The number of nitrogens with zero attached hydrogens (tertiary/aromatic N) is 1. The first-order valence-corrected chi connectivity index (χ1v) is 6.85. The number of hydrogen-bond donors (Lipinski definition) is 1. The maximum Gasteiger partial charge on any atom is 0.307 e. The number of piperidine rings is 1. The van der Waals surface area contributed by atoms with Crippen LogP contribution < -0.4 is 5.73 Å². The van der Waals surface area contributed by atoms with Crippen molar-refractivity contribution in [1.29, 1.82) is 0 Å². The monoisotopic (exact) mass is 276 g/mol. The van der Waals surface area contributed by atoms with E-state index in [0.29, 0.717) is 17.8 Å². The number of methoxy groups -OCH3 is 1. The molecule has 1 unspecified atom stereocenters. The van der Waals surface area contributed by atoms with Gasteiger partial charge in [-0.15, -0.1) is 0 Å².